The summed E-state index contributed by atoms with van der Waals surface area (Å²) in [5.41, 5.74) is 25.6. The van der Waals surface area contributed by atoms with Crippen molar-refractivity contribution in [2.24, 2.45) is 0 Å². The first kappa shape index (κ1) is 68.9. The number of aromatic nitrogens is 12. The Hall–Kier alpha value is -12.6. The van der Waals surface area contributed by atoms with E-state index >= 15 is 0 Å². The first-order valence-corrected chi connectivity index (χ1v) is 34.2. The average molecular weight is 1380 g/mol. The molecule has 15 rings (SSSR count). The van der Waals surface area contributed by atoms with E-state index in [4.69, 9.17) is 46.7 Å². The summed E-state index contributed by atoms with van der Waals surface area (Å²) in [5.74, 6) is 5.51. The molecule has 6 N–H and O–H groups in total. The van der Waals surface area contributed by atoms with Gasteiger partial charge in [-0.05, 0) is 174 Å². The van der Waals surface area contributed by atoms with Crippen molar-refractivity contribution < 1.29 is 28.6 Å². The second-order valence-electron chi connectivity index (χ2n) is 25.4. The number of carbonyl (C=O) groups excluding carboxylic acids is 3. The van der Waals surface area contributed by atoms with E-state index in [-0.39, 0.29) is 35.8 Å². The molecule has 3 aliphatic rings. The van der Waals surface area contributed by atoms with E-state index in [0.717, 1.165) is 103 Å². The number of nitrogen functional groups attached to an aromatic ring is 3. The fraction of sp³-hybridized carbons (Fsp3) is 0.231. The predicted molar refractivity (Wildman–Crippen MR) is 398 cm³/mol. The number of amides is 3. The molecule has 103 heavy (non-hydrogen) atoms. The van der Waals surface area contributed by atoms with Crippen LogP contribution < -0.4 is 31.4 Å². The van der Waals surface area contributed by atoms with Crippen LogP contribution in [-0.2, 0) is 14.4 Å². The molecule has 3 aliphatic heterocycles. The highest BCUT2D eigenvalue weighted by Gasteiger charge is 2.32. The van der Waals surface area contributed by atoms with Gasteiger partial charge in [-0.1, -0.05) is 73.8 Å². The molecule has 6 aromatic carbocycles. The molecule has 25 nitrogen and oxygen atoms in total. The molecule has 3 atom stereocenters. The van der Waals surface area contributed by atoms with E-state index in [1.165, 1.54) is 31.1 Å². The van der Waals surface area contributed by atoms with Gasteiger partial charge in [-0.25, -0.2) is 43.9 Å². The van der Waals surface area contributed by atoms with E-state index in [0.29, 0.717) is 100 Å². The highest BCUT2D eigenvalue weighted by atomic mass is 16.5. The van der Waals surface area contributed by atoms with Gasteiger partial charge in [0.25, 0.3) is 0 Å². The number of ether oxygens (including phenoxy) is 3. The molecule has 0 spiro atoms. The number of piperidine rings is 3. The first-order valence-electron chi connectivity index (χ1n) is 34.2. The largest absolute Gasteiger partial charge is 0.457 e. The number of fused-ring (bicyclic) bond motifs is 3. The number of benzene rings is 6. The third-order valence-corrected chi connectivity index (χ3v) is 18.1. The summed E-state index contributed by atoms with van der Waals surface area (Å²) in [6, 6.07) is 52.0. The summed E-state index contributed by atoms with van der Waals surface area (Å²) in [5, 5.41) is 16.9. The molecule has 0 aliphatic carbocycles. The quantitative estimate of drug-likeness (QED) is 0.0713. The Bertz CT molecular complexity index is 4790. The van der Waals surface area contributed by atoms with Crippen LogP contribution in [0.5, 0.6) is 34.5 Å². The fourth-order valence-electron chi connectivity index (χ4n) is 13.1. The molecular formula is C78H79N19O6. The molecule has 0 radical (unpaired) electrons. The smallest absolute Gasteiger partial charge is 0.246 e. The van der Waals surface area contributed by atoms with Crippen LogP contribution in [0.3, 0.4) is 0 Å². The molecule has 25 heteroatoms. The number of likely N-dealkylation sites (tertiary alicyclic amines) is 3. The Morgan fingerprint density at radius 3 is 1.01 bits per heavy atom. The Kier molecular flexibility index (Phi) is 21.2. The normalized spacial score (nSPS) is 16.0. The zero-order valence-corrected chi connectivity index (χ0v) is 57.3. The SMILES string of the molecule is C=CC(=O)N1CCC[C@@H](n2nc(-c3ccc(Oc4ccccc4)cc3)c3c(N)ncnc32)C1.C=CC(=O)N1CCC[C@H](n2nc(-c3ccc(Oc4ccccc4)cc3)c3c(N)ncnc32)C1.CN(C)C/C=C/C(=O)N1CCC[C@@H](n2nc(-c3ccc(Oc4ccccc4)cc3)c3c(N)ncnc32)C1. The van der Waals surface area contributed by atoms with Crippen molar-refractivity contribution in [2.45, 2.75) is 56.7 Å². The maximum atomic E-state index is 12.8. The van der Waals surface area contributed by atoms with Gasteiger partial charge in [0, 0.05) is 68.6 Å². The number of rotatable bonds is 17. The van der Waals surface area contributed by atoms with E-state index in [2.05, 4.69) is 43.1 Å². The van der Waals surface area contributed by atoms with Crippen molar-refractivity contribution in [1.82, 2.24) is 78.8 Å². The minimum atomic E-state index is -0.0699. The average Bonchev–Trinajstić information content (AvgIpc) is 1.63. The Morgan fingerprint density at radius 1 is 0.427 bits per heavy atom. The molecular weight excluding hydrogens is 1300 g/mol. The lowest BCUT2D eigenvalue weighted by Gasteiger charge is -2.32. The molecule has 9 heterocycles. The van der Waals surface area contributed by atoms with Gasteiger partial charge >= 0.3 is 0 Å². The number of nitrogens with two attached hydrogens (primary N) is 3. The molecule has 3 saturated heterocycles. The van der Waals surface area contributed by atoms with Gasteiger partial charge < -0.3 is 51.0 Å². The van der Waals surface area contributed by atoms with Crippen LogP contribution in [-0.4, -0.2) is 156 Å². The molecule has 522 valence electrons. The van der Waals surface area contributed by atoms with Crippen LogP contribution in [0.25, 0.3) is 66.9 Å². The minimum absolute atomic E-state index is 0.00566. The monoisotopic (exact) mass is 1380 g/mol. The third kappa shape index (κ3) is 15.9. The summed E-state index contributed by atoms with van der Waals surface area (Å²) in [6.45, 7) is 11.8. The lowest BCUT2D eigenvalue weighted by Crippen LogP contribution is -2.40. The van der Waals surface area contributed by atoms with Crippen LogP contribution in [0.1, 0.15) is 56.7 Å². The van der Waals surface area contributed by atoms with E-state index in [1.54, 1.807) is 15.9 Å². The summed E-state index contributed by atoms with van der Waals surface area (Å²) < 4.78 is 23.4. The summed E-state index contributed by atoms with van der Waals surface area (Å²) in [7, 11) is 3.95. The predicted octanol–water partition coefficient (Wildman–Crippen LogP) is 12.6. The Labute approximate surface area is 595 Å². The molecule has 0 unspecified atom stereocenters. The van der Waals surface area contributed by atoms with Crippen molar-refractivity contribution in [2.75, 3.05) is 77.1 Å². The van der Waals surface area contributed by atoms with Crippen LogP contribution in [0, 0.1) is 0 Å². The van der Waals surface area contributed by atoms with Gasteiger partial charge in [0.2, 0.25) is 17.7 Å². The number of para-hydroxylation sites is 3. The van der Waals surface area contributed by atoms with E-state index in [9.17, 15) is 14.4 Å². The van der Waals surface area contributed by atoms with Gasteiger partial charge in [0.1, 0.15) is 88.0 Å². The lowest BCUT2D eigenvalue weighted by molar-refractivity contribution is -0.128. The maximum absolute atomic E-state index is 12.8. The van der Waals surface area contributed by atoms with Crippen molar-refractivity contribution in [3.8, 4) is 68.3 Å². The molecule has 6 aromatic heterocycles. The molecule has 3 fully saturated rings. The Morgan fingerprint density at radius 2 is 0.718 bits per heavy atom. The molecule has 0 bridgehead atoms. The van der Waals surface area contributed by atoms with Crippen molar-refractivity contribution >= 4 is 68.3 Å². The number of hydrogen-bond donors (Lipinski definition) is 3. The van der Waals surface area contributed by atoms with Gasteiger partial charge in [-0.15, -0.1) is 0 Å². The zero-order valence-electron chi connectivity index (χ0n) is 57.3. The number of hydrogen-bond acceptors (Lipinski definition) is 19. The summed E-state index contributed by atoms with van der Waals surface area (Å²) in [4.78, 5) is 70.8. The van der Waals surface area contributed by atoms with E-state index < -0.39 is 0 Å². The highest BCUT2D eigenvalue weighted by Crippen LogP contribution is 2.39. The van der Waals surface area contributed by atoms with Crippen LogP contribution >= 0.6 is 0 Å². The summed E-state index contributed by atoms with van der Waals surface area (Å²) in [6.07, 6.45) is 16.0. The van der Waals surface area contributed by atoms with Crippen LogP contribution in [0.15, 0.2) is 220 Å². The van der Waals surface area contributed by atoms with Crippen LogP contribution in [0.2, 0.25) is 0 Å². The van der Waals surface area contributed by atoms with Crippen molar-refractivity contribution in [3.63, 3.8) is 0 Å². The molecule has 3 amide bonds. The zero-order chi connectivity index (χ0) is 71.3. The molecule has 0 saturated carbocycles. The second-order valence-corrected chi connectivity index (χ2v) is 25.4. The highest BCUT2D eigenvalue weighted by molar-refractivity contribution is 6.00. The maximum Gasteiger partial charge on any atom is 0.246 e. The number of anilines is 3. The van der Waals surface area contributed by atoms with Gasteiger partial charge in [0.15, 0.2) is 16.9 Å². The Balaban J connectivity index is 0.000000138. The third-order valence-electron chi connectivity index (χ3n) is 18.1. The minimum Gasteiger partial charge on any atom is -0.457 e. The summed E-state index contributed by atoms with van der Waals surface area (Å²) >= 11 is 0. The van der Waals surface area contributed by atoms with E-state index in [1.807, 2.05) is 208 Å². The standard InChI is InChI=1S/C28H31N7O2.2C25H24N6O2/c1-33(2)16-7-11-24(36)34-17-6-8-21(18-34)35-28-25(27(29)30-19-31-28)26(32-35)20-12-14-23(15-13-20)37-22-9-4-3-5-10-22;2*1-2-21(32)30-14-6-7-18(15-30)31-25-22(24(26)27-16-28-25)23(29-31)17-10-12-20(13-11-17)33-19-8-4-3-5-9-19/h3-5,7,9-15,19,21H,6,8,16-18H2,1-2H3,(H2,29,30,31);2*2-5,8-13,16,18H,1,6-7,14-15H2,(H2,26,27,28)/b11-7+;;/t21-;2*18-/m110/s1. The van der Waals surface area contributed by atoms with Gasteiger partial charge in [-0.2, -0.15) is 15.3 Å². The fourth-order valence-corrected chi connectivity index (χ4v) is 13.1. The molecule has 12 aromatic rings. The van der Waals surface area contributed by atoms with Crippen molar-refractivity contribution in [3.05, 3.63) is 220 Å². The van der Waals surface area contributed by atoms with Crippen LogP contribution in [0.4, 0.5) is 17.5 Å². The first-order chi connectivity index (χ1) is 50.3. The number of nitrogens with zero attached hydrogens (tertiary/aromatic N) is 16. The number of carbonyl (C=O) groups is 3. The van der Waals surface area contributed by atoms with Gasteiger partial charge in [0.05, 0.1) is 34.3 Å². The second kappa shape index (κ2) is 31.7. The lowest BCUT2D eigenvalue weighted by atomic mass is 10.1. The number of likely N-dealkylation sites (N-methyl/N-ethyl adjacent to an activating group) is 1. The topological polar surface area (TPSA) is 301 Å². The van der Waals surface area contributed by atoms with Gasteiger partial charge in [-0.3, -0.25) is 14.4 Å². The van der Waals surface area contributed by atoms with Crippen molar-refractivity contribution in [1.29, 1.82) is 0 Å².